The monoisotopic (exact) mass is 425 g/mol. The van der Waals surface area contributed by atoms with Crippen molar-refractivity contribution in [1.29, 1.82) is 0 Å². The molecule has 4 unspecified atom stereocenters. The van der Waals surface area contributed by atoms with Crippen LogP contribution >= 0.6 is 0 Å². The van der Waals surface area contributed by atoms with E-state index in [1.807, 2.05) is 0 Å². The molecular weight excluding hydrogens is 374 g/mol. The maximum atomic E-state index is 3.50. The van der Waals surface area contributed by atoms with Crippen molar-refractivity contribution in [3.05, 3.63) is 0 Å². The van der Waals surface area contributed by atoms with Crippen LogP contribution in [0.2, 0.25) is 0 Å². The summed E-state index contributed by atoms with van der Waals surface area (Å²) in [6, 6.07) is 0. The third-order valence-corrected chi connectivity index (χ3v) is 12.2. The first-order chi connectivity index (χ1) is 15.3. The molecule has 0 radical (unpaired) electrons. The molecule has 1 heterocycles. The Morgan fingerprint density at radius 1 is 0.290 bits per heavy atom. The van der Waals surface area contributed by atoms with Gasteiger partial charge in [0.2, 0.25) is 0 Å². The molecule has 5 saturated carbocycles. The predicted molar refractivity (Wildman–Crippen MR) is 131 cm³/mol. The van der Waals surface area contributed by atoms with Crippen molar-refractivity contribution in [1.82, 2.24) is 5.32 Å². The standard InChI is InChI=1S/C30H51N/c1-2-4-21(3-1)26-13-14-27(17-26)22-5-7-23(8-6-22)28-15-16-29(18-28)24-9-11-25(12-10-24)30-19-31-20-30/h21-31H,1-20H2. The van der Waals surface area contributed by atoms with E-state index in [0.29, 0.717) is 0 Å². The van der Waals surface area contributed by atoms with Gasteiger partial charge in [0.25, 0.3) is 0 Å². The molecule has 1 nitrogen and oxygen atoms in total. The predicted octanol–water partition coefficient (Wildman–Crippen LogP) is 7.84. The number of hydrogen-bond acceptors (Lipinski definition) is 1. The van der Waals surface area contributed by atoms with Crippen molar-refractivity contribution in [3.8, 4) is 0 Å². The molecule has 0 aromatic heterocycles. The second kappa shape index (κ2) is 9.68. The molecule has 6 aliphatic rings. The summed E-state index contributed by atoms with van der Waals surface area (Å²) in [7, 11) is 0. The molecule has 6 rings (SSSR count). The molecule has 0 aromatic rings. The van der Waals surface area contributed by atoms with Gasteiger partial charge >= 0.3 is 0 Å². The second-order valence-corrected chi connectivity index (χ2v) is 13.5. The fourth-order valence-electron chi connectivity index (χ4n) is 10.1. The van der Waals surface area contributed by atoms with Gasteiger partial charge in [-0.05, 0) is 162 Å². The maximum absolute atomic E-state index is 3.50. The van der Waals surface area contributed by atoms with Crippen molar-refractivity contribution in [2.75, 3.05) is 13.1 Å². The average molecular weight is 426 g/mol. The van der Waals surface area contributed by atoms with Gasteiger partial charge < -0.3 is 5.32 Å². The van der Waals surface area contributed by atoms with E-state index in [0.717, 1.165) is 59.2 Å². The normalized spacial score (nSPS) is 47.6. The van der Waals surface area contributed by atoms with Gasteiger partial charge in [-0.25, -0.2) is 0 Å². The largest absolute Gasteiger partial charge is 0.316 e. The first-order valence-corrected chi connectivity index (χ1v) is 15.0. The Bertz CT molecular complexity index is 559. The van der Waals surface area contributed by atoms with Gasteiger partial charge in [0.15, 0.2) is 0 Å². The molecule has 1 heteroatoms. The van der Waals surface area contributed by atoms with Gasteiger partial charge in [-0.15, -0.1) is 0 Å². The van der Waals surface area contributed by atoms with E-state index < -0.39 is 0 Å². The molecule has 4 atom stereocenters. The lowest BCUT2D eigenvalue weighted by Crippen LogP contribution is -2.47. The van der Waals surface area contributed by atoms with Gasteiger partial charge in [-0.3, -0.25) is 0 Å². The lowest BCUT2D eigenvalue weighted by Gasteiger charge is -2.40. The summed E-state index contributed by atoms with van der Waals surface area (Å²) in [6.45, 7) is 2.65. The number of hydrogen-bond donors (Lipinski definition) is 1. The highest BCUT2D eigenvalue weighted by Gasteiger charge is 2.41. The Hall–Kier alpha value is -0.0400. The highest BCUT2D eigenvalue weighted by Crippen LogP contribution is 2.52. The molecule has 31 heavy (non-hydrogen) atoms. The van der Waals surface area contributed by atoms with Gasteiger partial charge in [-0.1, -0.05) is 25.7 Å². The summed E-state index contributed by atoms with van der Waals surface area (Å²) < 4.78 is 0. The topological polar surface area (TPSA) is 12.0 Å². The minimum Gasteiger partial charge on any atom is -0.316 e. The van der Waals surface area contributed by atoms with Crippen molar-refractivity contribution in [3.63, 3.8) is 0 Å². The third-order valence-electron chi connectivity index (χ3n) is 12.2. The molecule has 1 N–H and O–H groups in total. The van der Waals surface area contributed by atoms with E-state index in [2.05, 4.69) is 5.32 Å². The Morgan fingerprint density at radius 3 is 0.903 bits per heavy atom. The van der Waals surface area contributed by atoms with Crippen LogP contribution in [-0.2, 0) is 0 Å². The van der Waals surface area contributed by atoms with Crippen LogP contribution in [-0.4, -0.2) is 13.1 Å². The van der Waals surface area contributed by atoms with Gasteiger partial charge in [0.1, 0.15) is 0 Å². The first-order valence-electron chi connectivity index (χ1n) is 15.0. The summed E-state index contributed by atoms with van der Waals surface area (Å²) in [5.41, 5.74) is 0. The molecule has 1 aliphatic heterocycles. The zero-order valence-electron chi connectivity index (χ0n) is 20.4. The minimum atomic E-state index is 1.04. The van der Waals surface area contributed by atoms with Gasteiger partial charge in [-0.2, -0.15) is 0 Å². The van der Waals surface area contributed by atoms with Crippen LogP contribution in [0.3, 0.4) is 0 Å². The molecule has 1 saturated heterocycles. The van der Waals surface area contributed by atoms with E-state index in [1.54, 1.807) is 116 Å². The maximum Gasteiger partial charge on any atom is -0.000559 e. The minimum absolute atomic E-state index is 1.04. The van der Waals surface area contributed by atoms with Crippen LogP contribution in [0, 0.1) is 59.2 Å². The highest BCUT2D eigenvalue weighted by molar-refractivity contribution is 4.92. The van der Waals surface area contributed by atoms with E-state index in [-0.39, 0.29) is 0 Å². The van der Waals surface area contributed by atoms with E-state index in [4.69, 9.17) is 0 Å². The summed E-state index contributed by atoms with van der Waals surface area (Å²) in [4.78, 5) is 0. The third kappa shape index (κ3) is 4.65. The quantitative estimate of drug-likeness (QED) is 0.473. The number of nitrogens with one attached hydrogen (secondary N) is 1. The van der Waals surface area contributed by atoms with Crippen molar-refractivity contribution < 1.29 is 0 Å². The van der Waals surface area contributed by atoms with Crippen LogP contribution in [0.1, 0.15) is 116 Å². The molecule has 0 aromatic carbocycles. The van der Waals surface area contributed by atoms with Gasteiger partial charge in [0.05, 0.1) is 0 Å². The SMILES string of the molecule is C1CCC(C2CCC(C3CCC(C4CCC(C5CCC(C6CNC6)CC5)C4)CC3)C2)C1. The summed E-state index contributed by atoms with van der Waals surface area (Å²) in [5, 5.41) is 3.50. The second-order valence-electron chi connectivity index (χ2n) is 13.5. The lowest BCUT2D eigenvalue weighted by atomic mass is 9.68. The van der Waals surface area contributed by atoms with E-state index in [9.17, 15) is 0 Å². The highest BCUT2D eigenvalue weighted by atomic mass is 15.0. The number of rotatable bonds is 5. The van der Waals surface area contributed by atoms with Crippen LogP contribution in [0.5, 0.6) is 0 Å². The lowest BCUT2D eigenvalue weighted by molar-refractivity contribution is 0.125. The van der Waals surface area contributed by atoms with Crippen LogP contribution in [0.25, 0.3) is 0 Å². The van der Waals surface area contributed by atoms with Crippen molar-refractivity contribution in [2.24, 2.45) is 59.2 Å². The average Bonchev–Trinajstić information content (AvgIpc) is 3.54. The van der Waals surface area contributed by atoms with E-state index in [1.165, 1.54) is 13.1 Å². The molecule has 0 bridgehead atoms. The van der Waals surface area contributed by atoms with Crippen LogP contribution < -0.4 is 5.32 Å². The summed E-state index contributed by atoms with van der Waals surface area (Å²) >= 11 is 0. The Labute approximate surface area is 193 Å². The summed E-state index contributed by atoms with van der Waals surface area (Å²) in [6.07, 6.45) is 28.6. The molecule has 176 valence electrons. The van der Waals surface area contributed by atoms with Crippen molar-refractivity contribution >= 4 is 0 Å². The van der Waals surface area contributed by atoms with Crippen LogP contribution in [0.15, 0.2) is 0 Å². The Morgan fingerprint density at radius 2 is 0.581 bits per heavy atom. The van der Waals surface area contributed by atoms with Crippen molar-refractivity contribution in [2.45, 2.75) is 116 Å². The molecule has 0 amide bonds. The smallest absolute Gasteiger partial charge is 0.000559 e. The molecular formula is C30H51N. The fourth-order valence-corrected chi connectivity index (χ4v) is 10.1. The zero-order valence-corrected chi connectivity index (χ0v) is 20.4. The zero-order chi connectivity index (χ0) is 20.6. The molecule has 6 fully saturated rings. The van der Waals surface area contributed by atoms with E-state index >= 15 is 0 Å². The first kappa shape index (κ1) is 21.5. The molecule has 0 spiro atoms. The Balaban J connectivity index is 0.926. The summed E-state index contributed by atoms with van der Waals surface area (Å²) in [5.74, 6) is 11.1. The molecule has 5 aliphatic carbocycles. The van der Waals surface area contributed by atoms with Gasteiger partial charge in [0, 0.05) is 0 Å². The Kier molecular flexibility index (Phi) is 6.71. The fraction of sp³-hybridized carbons (Fsp3) is 1.00. The van der Waals surface area contributed by atoms with Crippen LogP contribution in [0.4, 0.5) is 0 Å².